The second kappa shape index (κ2) is 6.52. The monoisotopic (exact) mass is 277 g/mol. The van der Waals surface area contributed by atoms with E-state index in [0.29, 0.717) is 12.2 Å². The molecule has 18 heavy (non-hydrogen) atoms. The molecule has 2 atom stereocenters. The summed E-state index contributed by atoms with van der Waals surface area (Å²) in [7, 11) is 0.658. The van der Waals surface area contributed by atoms with Gasteiger partial charge in [-0.25, -0.2) is 4.21 Å². The van der Waals surface area contributed by atoms with Gasteiger partial charge in [0, 0.05) is 35.3 Å². The van der Waals surface area contributed by atoms with Crippen molar-refractivity contribution in [3.05, 3.63) is 0 Å². The van der Waals surface area contributed by atoms with Crippen LogP contribution in [0.15, 0.2) is 0 Å². The van der Waals surface area contributed by atoms with Gasteiger partial charge in [0.15, 0.2) is 0 Å². The number of carbonyl (C=O) groups is 1. The highest BCUT2D eigenvalue weighted by Gasteiger charge is 2.19. The Morgan fingerprint density at radius 1 is 1.33 bits per heavy atom. The minimum absolute atomic E-state index is 0.0747. The number of nitrogens with two attached hydrogens (primary N) is 1. The Morgan fingerprint density at radius 2 is 1.83 bits per heavy atom. The Morgan fingerprint density at radius 3 is 2.22 bits per heavy atom. The summed E-state index contributed by atoms with van der Waals surface area (Å²) < 4.78 is 19.8. The molecule has 0 aliphatic heterocycles. The average molecular weight is 277 g/mol. The number of likely N-dealkylation sites (N-methyl/N-ethyl adjacent to an activating group) is 1. The van der Waals surface area contributed by atoms with Crippen molar-refractivity contribution in [2.24, 2.45) is 11.1 Å². The summed E-state index contributed by atoms with van der Waals surface area (Å²) in [6.45, 7) is 6.18. The molecule has 0 heterocycles. The summed E-state index contributed by atoms with van der Waals surface area (Å²) in [4.78, 5) is 12.9. The lowest BCUT2D eigenvalue weighted by Crippen LogP contribution is -2.41. The number of nitrogens with one attached hydrogen (secondary N) is 1. The van der Waals surface area contributed by atoms with Crippen molar-refractivity contribution in [2.45, 2.75) is 39.7 Å². The molecule has 0 saturated carbocycles. The lowest BCUT2D eigenvalue weighted by Gasteiger charge is -2.20. The fourth-order valence-electron chi connectivity index (χ4n) is 1.35. The normalized spacial score (nSPS) is 17.0. The van der Waals surface area contributed by atoms with Gasteiger partial charge in [-0.3, -0.25) is 9.57 Å². The van der Waals surface area contributed by atoms with Gasteiger partial charge in [-0.05, 0) is 18.3 Å². The number of rotatable bonds is 6. The minimum atomic E-state index is -2.62. The second-order valence-electron chi connectivity index (χ2n) is 6.16. The van der Waals surface area contributed by atoms with E-state index in [1.54, 1.807) is 14.1 Å². The van der Waals surface area contributed by atoms with Gasteiger partial charge in [0.25, 0.3) is 0 Å². The molecule has 5 nitrogen and oxygen atoms in total. The molecular formula is C12H27N3O2S. The Labute approximate surface area is 111 Å². The van der Waals surface area contributed by atoms with E-state index in [-0.39, 0.29) is 17.1 Å². The zero-order valence-corrected chi connectivity index (χ0v) is 13.0. The fourth-order valence-corrected chi connectivity index (χ4v) is 3.13. The molecule has 0 bridgehead atoms. The van der Waals surface area contributed by atoms with Crippen LogP contribution in [-0.4, -0.2) is 46.7 Å². The van der Waals surface area contributed by atoms with Crippen LogP contribution in [0, 0.1) is 10.2 Å². The first-order valence-electron chi connectivity index (χ1n) is 6.15. The molecule has 6 heteroatoms. The molecule has 0 aliphatic carbocycles. The SMILES string of the molecule is CN(C)C(=O)[C@@H](N)CCS(=N)(=O)CCC(C)(C)C. The second-order valence-corrected chi connectivity index (χ2v) is 8.60. The maximum Gasteiger partial charge on any atom is 0.238 e. The maximum atomic E-state index is 12.0. The number of hydrogen-bond donors (Lipinski definition) is 2. The number of amides is 1. The van der Waals surface area contributed by atoms with Crippen molar-refractivity contribution in [1.29, 1.82) is 4.78 Å². The van der Waals surface area contributed by atoms with E-state index in [2.05, 4.69) is 20.8 Å². The van der Waals surface area contributed by atoms with Crippen molar-refractivity contribution < 1.29 is 9.00 Å². The van der Waals surface area contributed by atoms with Crippen LogP contribution < -0.4 is 5.73 Å². The van der Waals surface area contributed by atoms with Crippen LogP contribution >= 0.6 is 0 Å². The topological polar surface area (TPSA) is 87.2 Å². The fraction of sp³-hybridized carbons (Fsp3) is 0.917. The molecule has 3 N–H and O–H groups in total. The first-order chi connectivity index (χ1) is 7.94. The van der Waals surface area contributed by atoms with E-state index >= 15 is 0 Å². The number of hydrogen-bond acceptors (Lipinski definition) is 4. The van der Waals surface area contributed by atoms with E-state index in [4.69, 9.17) is 10.5 Å². The smallest absolute Gasteiger partial charge is 0.238 e. The number of carbonyl (C=O) groups excluding carboxylic acids is 1. The summed E-state index contributed by atoms with van der Waals surface area (Å²) in [5, 5.41) is 0. The minimum Gasteiger partial charge on any atom is -0.347 e. The van der Waals surface area contributed by atoms with Gasteiger partial charge >= 0.3 is 0 Å². The molecule has 0 fully saturated rings. The van der Waals surface area contributed by atoms with Crippen LogP contribution in [-0.2, 0) is 14.5 Å². The van der Waals surface area contributed by atoms with Crippen molar-refractivity contribution in [1.82, 2.24) is 4.90 Å². The van der Waals surface area contributed by atoms with Crippen LogP contribution in [0.5, 0.6) is 0 Å². The maximum absolute atomic E-state index is 12.0. The van der Waals surface area contributed by atoms with Crippen LogP contribution in [0.25, 0.3) is 0 Å². The van der Waals surface area contributed by atoms with E-state index < -0.39 is 15.8 Å². The molecule has 0 aliphatic rings. The lowest BCUT2D eigenvalue weighted by molar-refractivity contribution is -0.130. The van der Waals surface area contributed by atoms with Gasteiger partial charge in [-0.1, -0.05) is 20.8 Å². The van der Waals surface area contributed by atoms with Crippen LogP contribution in [0.2, 0.25) is 0 Å². The van der Waals surface area contributed by atoms with E-state index in [9.17, 15) is 9.00 Å². The predicted octanol–water partition coefficient (Wildman–Crippen LogP) is 1.27. The van der Waals surface area contributed by atoms with Gasteiger partial charge < -0.3 is 10.6 Å². The van der Waals surface area contributed by atoms with Crippen molar-refractivity contribution in [3.8, 4) is 0 Å². The molecule has 0 spiro atoms. The molecule has 1 unspecified atom stereocenters. The third-order valence-electron chi connectivity index (χ3n) is 2.70. The quantitative estimate of drug-likeness (QED) is 0.766. The molecule has 108 valence electrons. The summed E-state index contributed by atoms with van der Waals surface area (Å²) >= 11 is 0. The molecule has 0 radical (unpaired) electrons. The third-order valence-corrected chi connectivity index (χ3v) is 4.46. The molecule has 0 aromatic carbocycles. The van der Waals surface area contributed by atoms with Crippen LogP contribution in [0.3, 0.4) is 0 Å². The Kier molecular flexibility index (Phi) is 6.29. The van der Waals surface area contributed by atoms with Gasteiger partial charge in [0.1, 0.15) is 0 Å². The molecular weight excluding hydrogens is 250 g/mol. The van der Waals surface area contributed by atoms with Crippen molar-refractivity contribution in [2.75, 3.05) is 25.6 Å². The summed E-state index contributed by atoms with van der Waals surface area (Å²) in [5.41, 5.74) is 5.78. The zero-order valence-electron chi connectivity index (χ0n) is 12.2. The average Bonchev–Trinajstić information content (AvgIpc) is 2.21. The highest BCUT2D eigenvalue weighted by atomic mass is 32.2. The van der Waals surface area contributed by atoms with Gasteiger partial charge in [0.05, 0.1) is 6.04 Å². The van der Waals surface area contributed by atoms with E-state index in [0.717, 1.165) is 6.42 Å². The molecule has 1 amide bonds. The summed E-state index contributed by atoms with van der Waals surface area (Å²) in [6.07, 6.45) is 1.05. The van der Waals surface area contributed by atoms with Gasteiger partial charge in [-0.2, -0.15) is 0 Å². The number of nitrogens with zero attached hydrogens (tertiary/aromatic N) is 1. The van der Waals surface area contributed by atoms with Gasteiger partial charge in [-0.15, -0.1) is 0 Å². The first-order valence-corrected chi connectivity index (χ1v) is 8.05. The third kappa shape index (κ3) is 7.66. The van der Waals surface area contributed by atoms with E-state index in [1.165, 1.54) is 4.90 Å². The van der Waals surface area contributed by atoms with Crippen molar-refractivity contribution >= 4 is 15.6 Å². The Balaban J connectivity index is 4.24. The lowest BCUT2D eigenvalue weighted by atomic mass is 9.94. The van der Waals surface area contributed by atoms with Crippen LogP contribution in [0.1, 0.15) is 33.6 Å². The van der Waals surface area contributed by atoms with Gasteiger partial charge in [0.2, 0.25) is 5.91 Å². The van der Waals surface area contributed by atoms with E-state index in [1.807, 2.05) is 0 Å². The zero-order chi connectivity index (χ0) is 14.6. The van der Waals surface area contributed by atoms with Crippen molar-refractivity contribution in [3.63, 3.8) is 0 Å². The molecule has 0 aromatic heterocycles. The van der Waals surface area contributed by atoms with Crippen LogP contribution in [0.4, 0.5) is 0 Å². The highest BCUT2D eigenvalue weighted by molar-refractivity contribution is 7.92. The summed E-state index contributed by atoms with van der Waals surface area (Å²) in [5.74, 6) is 0.393. The Bertz CT molecular complexity index is 369. The Hall–Kier alpha value is -0.620. The molecule has 0 saturated heterocycles. The summed E-state index contributed by atoms with van der Waals surface area (Å²) in [6, 6.07) is -0.652. The highest BCUT2D eigenvalue weighted by Crippen LogP contribution is 2.19. The largest absolute Gasteiger partial charge is 0.347 e. The molecule has 0 rings (SSSR count). The first kappa shape index (κ1) is 17.4. The predicted molar refractivity (Wildman–Crippen MR) is 76.0 cm³/mol. The standard InChI is InChI=1S/C12H27N3O2S/c1-12(2,3)7-9-18(14,17)8-6-10(13)11(16)15(4)5/h10,14H,6-9,13H2,1-5H3/t10-,18?/m0/s1. The molecule has 0 aromatic rings.